The molecular weight excluding hydrogens is 226 g/mol. The molecule has 1 aliphatic rings. The van der Waals surface area contributed by atoms with Crippen LogP contribution in [0.25, 0.3) is 0 Å². The molecule has 3 nitrogen and oxygen atoms in total. The zero-order valence-corrected chi connectivity index (χ0v) is 9.75. The number of hydrogen-bond donors (Lipinski definition) is 0. The van der Waals surface area contributed by atoms with Crippen molar-refractivity contribution in [2.45, 2.75) is 19.9 Å². The average Bonchev–Trinajstić information content (AvgIpc) is 2.39. The number of carbonyl (C=O) groups is 2. The topological polar surface area (TPSA) is 37.4 Å². The first kappa shape index (κ1) is 11.1. The SMILES string of the molecule is CC(=O)N1CCC(=O)c2cc(Cl)ccc2C1. The summed E-state index contributed by atoms with van der Waals surface area (Å²) in [6, 6.07) is 5.25. The number of hydrogen-bond acceptors (Lipinski definition) is 2. The van der Waals surface area contributed by atoms with Crippen LogP contribution < -0.4 is 0 Å². The maximum atomic E-state index is 11.8. The third-order valence-electron chi connectivity index (χ3n) is 2.79. The summed E-state index contributed by atoms with van der Waals surface area (Å²) in [5.74, 6) is 0.0526. The highest BCUT2D eigenvalue weighted by Crippen LogP contribution is 2.22. The molecule has 0 spiro atoms. The van der Waals surface area contributed by atoms with Crippen LogP contribution in [0.1, 0.15) is 29.3 Å². The van der Waals surface area contributed by atoms with Gasteiger partial charge in [-0.05, 0) is 17.7 Å². The summed E-state index contributed by atoms with van der Waals surface area (Å²) in [6.45, 7) is 2.50. The van der Waals surface area contributed by atoms with Gasteiger partial charge in [0.1, 0.15) is 0 Å². The molecule has 0 aliphatic carbocycles. The van der Waals surface area contributed by atoms with Crippen molar-refractivity contribution in [1.29, 1.82) is 0 Å². The highest BCUT2D eigenvalue weighted by atomic mass is 35.5. The maximum Gasteiger partial charge on any atom is 0.219 e. The number of ketones is 1. The zero-order valence-electron chi connectivity index (χ0n) is 9.00. The largest absolute Gasteiger partial charge is 0.338 e. The molecule has 84 valence electrons. The number of rotatable bonds is 0. The minimum Gasteiger partial charge on any atom is -0.338 e. The van der Waals surface area contributed by atoms with Crippen LogP contribution in [0.2, 0.25) is 5.02 Å². The lowest BCUT2D eigenvalue weighted by Crippen LogP contribution is -2.28. The Balaban J connectivity index is 2.41. The van der Waals surface area contributed by atoms with E-state index < -0.39 is 0 Å². The molecule has 0 bridgehead atoms. The lowest BCUT2D eigenvalue weighted by atomic mass is 10.0. The van der Waals surface area contributed by atoms with Crippen LogP contribution in [0, 0.1) is 0 Å². The number of Topliss-reactive ketones (excluding diaryl/α,β-unsaturated/α-hetero) is 1. The second kappa shape index (κ2) is 4.26. The van der Waals surface area contributed by atoms with Crippen LogP contribution in [0.4, 0.5) is 0 Å². The monoisotopic (exact) mass is 237 g/mol. The number of amides is 1. The summed E-state index contributed by atoms with van der Waals surface area (Å²) >= 11 is 5.86. The molecule has 0 aromatic heterocycles. The minimum absolute atomic E-state index is 0.00407. The van der Waals surface area contributed by atoms with E-state index in [1.54, 1.807) is 17.0 Å². The first-order chi connectivity index (χ1) is 7.58. The van der Waals surface area contributed by atoms with Crippen molar-refractivity contribution in [2.75, 3.05) is 6.54 Å². The third kappa shape index (κ3) is 2.09. The molecule has 4 heteroatoms. The molecule has 1 aromatic rings. The summed E-state index contributed by atoms with van der Waals surface area (Å²) < 4.78 is 0. The zero-order chi connectivity index (χ0) is 11.7. The third-order valence-corrected chi connectivity index (χ3v) is 3.02. The molecular formula is C12H12ClNO2. The van der Waals surface area contributed by atoms with E-state index in [2.05, 4.69) is 0 Å². The van der Waals surface area contributed by atoms with Gasteiger partial charge in [0, 0.05) is 37.0 Å². The maximum absolute atomic E-state index is 11.8. The molecule has 0 fully saturated rings. The second-order valence-electron chi connectivity index (χ2n) is 3.92. The molecule has 1 aliphatic heterocycles. The Morgan fingerprint density at radius 3 is 2.88 bits per heavy atom. The number of halogens is 1. The smallest absolute Gasteiger partial charge is 0.219 e. The van der Waals surface area contributed by atoms with Gasteiger partial charge in [-0.1, -0.05) is 17.7 Å². The number of nitrogens with zero attached hydrogens (tertiary/aromatic N) is 1. The molecule has 1 aromatic carbocycles. The van der Waals surface area contributed by atoms with Crippen molar-refractivity contribution in [1.82, 2.24) is 4.90 Å². The van der Waals surface area contributed by atoms with E-state index in [-0.39, 0.29) is 11.7 Å². The van der Waals surface area contributed by atoms with Gasteiger partial charge in [0.15, 0.2) is 5.78 Å². The first-order valence-corrected chi connectivity index (χ1v) is 5.53. The first-order valence-electron chi connectivity index (χ1n) is 5.15. The van der Waals surface area contributed by atoms with Crippen LogP contribution >= 0.6 is 11.6 Å². The molecule has 1 amide bonds. The Bertz CT molecular complexity index is 456. The number of carbonyl (C=O) groups excluding carboxylic acids is 2. The van der Waals surface area contributed by atoms with Gasteiger partial charge in [-0.15, -0.1) is 0 Å². The molecule has 1 heterocycles. The van der Waals surface area contributed by atoms with Crippen LogP contribution in [0.3, 0.4) is 0 Å². The van der Waals surface area contributed by atoms with E-state index in [1.807, 2.05) is 6.07 Å². The molecule has 0 N–H and O–H groups in total. The van der Waals surface area contributed by atoms with Gasteiger partial charge in [-0.2, -0.15) is 0 Å². The van der Waals surface area contributed by atoms with E-state index in [9.17, 15) is 9.59 Å². The predicted octanol–water partition coefficient (Wildman–Crippen LogP) is 2.27. The Hall–Kier alpha value is -1.35. The van der Waals surface area contributed by atoms with Crippen LogP contribution in [0.5, 0.6) is 0 Å². The van der Waals surface area contributed by atoms with Crippen molar-refractivity contribution in [3.63, 3.8) is 0 Å². The van der Waals surface area contributed by atoms with E-state index in [1.165, 1.54) is 6.92 Å². The van der Waals surface area contributed by atoms with Gasteiger partial charge in [0.2, 0.25) is 5.91 Å². The van der Waals surface area contributed by atoms with E-state index in [4.69, 9.17) is 11.6 Å². The fourth-order valence-corrected chi connectivity index (χ4v) is 2.04. The van der Waals surface area contributed by atoms with Crippen molar-refractivity contribution >= 4 is 23.3 Å². The highest BCUT2D eigenvalue weighted by Gasteiger charge is 2.21. The molecule has 2 rings (SSSR count). The molecule has 16 heavy (non-hydrogen) atoms. The Kier molecular flexibility index (Phi) is 2.97. The predicted molar refractivity (Wildman–Crippen MR) is 61.5 cm³/mol. The lowest BCUT2D eigenvalue weighted by molar-refractivity contribution is -0.129. The molecule has 0 unspecified atom stereocenters. The Morgan fingerprint density at radius 2 is 2.19 bits per heavy atom. The van der Waals surface area contributed by atoms with Crippen molar-refractivity contribution < 1.29 is 9.59 Å². The van der Waals surface area contributed by atoms with Crippen LogP contribution in [-0.2, 0) is 11.3 Å². The van der Waals surface area contributed by atoms with Crippen LogP contribution in [-0.4, -0.2) is 23.1 Å². The standard InChI is InChI=1S/C12H12ClNO2/c1-8(15)14-5-4-12(16)11-6-10(13)3-2-9(11)7-14/h2-3,6H,4-5,7H2,1H3. The summed E-state index contributed by atoms with van der Waals surface area (Å²) in [7, 11) is 0. The fraction of sp³-hybridized carbons (Fsp3) is 0.333. The number of fused-ring (bicyclic) bond motifs is 1. The van der Waals surface area contributed by atoms with Crippen LogP contribution in [0.15, 0.2) is 18.2 Å². The number of benzene rings is 1. The van der Waals surface area contributed by atoms with Crippen molar-refractivity contribution in [3.05, 3.63) is 34.3 Å². The quantitative estimate of drug-likeness (QED) is 0.694. The summed E-state index contributed by atoms with van der Waals surface area (Å²) in [5.41, 5.74) is 1.53. The summed E-state index contributed by atoms with van der Waals surface area (Å²) in [4.78, 5) is 24.8. The molecule has 0 saturated heterocycles. The Labute approximate surface area is 99.0 Å². The van der Waals surface area contributed by atoms with Gasteiger partial charge in [0.05, 0.1) is 0 Å². The van der Waals surface area contributed by atoms with Gasteiger partial charge in [-0.3, -0.25) is 9.59 Å². The van der Waals surface area contributed by atoms with Gasteiger partial charge in [-0.25, -0.2) is 0 Å². The molecule has 0 saturated carbocycles. The fourth-order valence-electron chi connectivity index (χ4n) is 1.87. The van der Waals surface area contributed by atoms with Crippen molar-refractivity contribution in [2.24, 2.45) is 0 Å². The lowest BCUT2D eigenvalue weighted by Gasteiger charge is -2.18. The minimum atomic E-state index is -0.00407. The van der Waals surface area contributed by atoms with Crippen molar-refractivity contribution in [3.8, 4) is 0 Å². The Morgan fingerprint density at radius 1 is 1.44 bits per heavy atom. The van der Waals surface area contributed by atoms with E-state index >= 15 is 0 Å². The normalized spacial score (nSPS) is 15.6. The highest BCUT2D eigenvalue weighted by molar-refractivity contribution is 6.31. The second-order valence-corrected chi connectivity index (χ2v) is 4.35. The van der Waals surface area contributed by atoms with Gasteiger partial charge >= 0.3 is 0 Å². The average molecular weight is 238 g/mol. The summed E-state index contributed by atoms with van der Waals surface area (Å²) in [6.07, 6.45) is 0.368. The van der Waals surface area contributed by atoms with Gasteiger partial charge in [0.25, 0.3) is 0 Å². The van der Waals surface area contributed by atoms with E-state index in [0.717, 1.165) is 5.56 Å². The molecule has 0 atom stereocenters. The summed E-state index contributed by atoms with van der Waals surface area (Å²) in [5, 5.41) is 0.559. The van der Waals surface area contributed by atoms with E-state index in [0.29, 0.717) is 30.1 Å². The van der Waals surface area contributed by atoms with Gasteiger partial charge < -0.3 is 4.90 Å². The molecule has 0 radical (unpaired) electrons.